The first-order valence-corrected chi connectivity index (χ1v) is 7.00. The Morgan fingerprint density at radius 1 is 1.10 bits per heavy atom. The van der Waals surface area contributed by atoms with Crippen molar-refractivity contribution in [3.8, 4) is 5.69 Å². The molecule has 1 aromatic heterocycles. The largest absolute Gasteiger partial charge is 0.416 e. The van der Waals surface area contributed by atoms with Crippen LogP contribution < -0.4 is 5.56 Å². The number of fused-ring (bicyclic) bond motifs is 1. The molecule has 0 unspecified atom stereocenters. The fourth-order valence-corrected chi connectivity index (χ4v) is 3.24. The van der Waals surface area contributed by atoms with Crippen LogP contribution in [0.5, 0.6) is 0 Å². The lowest BCUT2D eigenvalue weighted by Crippen LogP contribution is -2.12. The van der Waals surface area contributed by atoms with Crippen LogP contribution in [0.25, 0.3) is 15.8 Å². The molecule has 0 aliphatic rings. The van der Waals surface area contributed by atoms with E-state index in [9.17, 15) is 18.0 Å². The molecular formula is C14H7ClF3NOS. The summed E-state index contributed by atoms with van der Waals surface area (Å²) in [4.78, 5) is 12.3. The number of hydrogen-bond acceptors (Lipinski definition) is 2. The molecule has 0 bridgehead atoms. The van der Waals surface area contributed by atoms with Crippen LogP contribution in [0.4, 0.5) is 13.2 Å². The minimum Gasteiger partial charge on any atom is -0.267 e. The van der Waals surface area contributed by atoms with Crippen molar-refractivity contribution in [2.45, 2.75) is 6.18 Å². The number of rotatable bonds is 1. The molecule has 0 saturated carbocycles. The lowest BCUT2D eigenvalue weighted by molar-refractivity contribution is -0.137. The number of alkyl halides is 3. The Labute approximate surface area is 126 Å². The van der Waals surface area contributed by atoms with Crippen LogP contribution in [0.3, 0.4) is 0 Å². The molecule has 0 radical (unpaired) electrons. The predicted octanol–water partition coefficient (Wildman–Crippen LogP) is 4.72. The zero-order chi connectivity index (χ0) is 15.2. The van der Waals surface area contributed by atoms with Gasteiger partial charge in [-0.25, -0.2) is 3.96 Å². The van der Waals surface area contributed by atoms with Gasteiger partial charge in [0, 0.05) is 5.02 Å². The normalized spacial score (nSPS) is 12.0. The van der Waals surface area contributed by atoms with Crippen molar-refractivity contribution < 1.29 is 13.2 Å². The van der Waals surface area contributed by atoms with Crippen molar-refractivity contribution >= 4 is 33.2 Å². The first kappa shape index (κ1) is 14.2. The average molecular weight is 330 g/mol. The van der Waals surface area contributed by atoms with E-state index in [-0.39, 0.29) is 11.2 Å². The Morgan fingerprint density at radius 3 is 2.57 bits per heavy atom. The van der Waals surface area contributed by atoms with E-state index in [1.54, 1.807) is 18.2 Å². The van der Waals surface area contributed by atoms with Crippen molar-refractivity contribution in [3.63, 3.8) is 0 Å². The molecule has 3 aromatic rings. The molecule has 0 N–H and O–H groups in total. The summed E-state index contributed by atoms with van der Waals surface area (Å²) in [7, 11) is 0. The molecule has 0 atom stereocenters. The maximum absolute atomic E-state index is 12.7. The summed E-state index contributed by atoms with van der Waals surface area (Å²) in [5.41, 5.74) is -0.958. The molecule has 1 heterocycles. The second kappa shape index (κ2) is 4.89. The third-order valence-corrected chi connectivity index (χ3v) is 4.28. The maximum Gasteiger partial charge on any atom is 0.416 e. The van der Waals surface area contributed by atoms with Gasteiger partial charge in [0.2, 0.25) is 0 Å². The summed E-state index contributed by atoms with van der Waals surface area (Å²) in [6.45, 7) is 0. The Kier molecular flexibility index (Phi) is 3.30. The Balaban J connectivity index is 2.21. The van der Waals surface area contributed by atoms with Gasteiger partial charge >= 0.3 is 6.18 Å². The van der Waals surface area contributed by atoms with Crippen LogP contribution in [0, 0.1) is 0 Å². The molecule has 0 spiro atoms. The highest BCUT2D eigenvalue weighted by Gasteiger charge is 2.30. The van der Waals surface area contributed by atoms with Crippen molar-refractivity contribution in [2.75, 3.05) is 0 Å². The third-order valence-electron chi connectivity index (χ3n) is 2.96. The third kappa shape index (κ3) is 2.56. The molecule has 7 heteroatoms. The zero-order valence-electron chi connectivity index (χ0n) is 10.3. The SMILES string of the molecule is O=c1c2ccc(Cl)cc2sn1-c1cccc(C(F)(F)F)c1. The molecule has 0 fully saturated rings. The van der Waals surface area contributed by atoms with E-state index < -0.39 is 11.7 Å². The minimum absolute atomic E-state index is 0.187. The minimum atomic E-state index is -4.44. The zero-order valence-corrected chi connectivity index (χ0v) is 11.9. The summed E-state index contributed by atoms with van der Waals surface area (Å²) in [6, 6.07) is 9.44. The molecule has 108 valence electrons. The van der Waals surface area contributed by atoms with E-state index in [1.165, 1.54) is 16.1 Å². The number of halogens is 4. The van der Waals surface area contributed by atoms with Gasteiger partial charge in [0.05, 0.1) is 21.3 Å². The van der Waals surface area contributed by atoms with Gasteiger partial charge in [-0.15, -0.1) is 0 Å². The highest BCUT2D eigenvalue weighted by atomic mass is 35.5. The lowest BCUT2D eigenvalue weighted by atomic mass is 10.2. The summed E-state index contributed by atoms with van der Waals surface area (Å²) in [5, 5.41) is 0.904. The number of benzene rings is 2. The van der Waals surface area contributed by atoms with Crippen molar-refractivity contribution in [2.24, 2.45) is 0 Å². The van der Waals surface area contributed by atoms with Gasteiger partial charge in [-0.1, -0.05) is 29.2 Å². The van der Waals surface area contributed by atoms with Gasteiger partial charge in [0.25, 0.3) is 5.56 Å². The molecule has 2 nitrogen and oxygen atoms in total. The van der Waals surface area contributed by atoms with E-state index in [1.807, 2.05) is 0 Å². The van der Waals surface area contributed by atoms with Gasteiger partial charge in [-0.3, -0.25) is 4.79 Å². The first-order chi connectivity index (χ1) is 9.86. The molecule has 0 aliphatic heterocycles. The number of hydrogen-bond donors (Lipinski definition) is 0. The van der Waals surface area contributed by atoms with Crippen molar-refractivity contribution in [1.29, 1.82) is 0 Å². The van der Waals surface area contributed by atoms with E-state index in [0.717, 1.165) is 23.7 Å². The molecular weight excluding hydrogens is 323 g/mol. The average Bonchev–Trinajstić information content (AvgIpc) is 2.74. The van der Waals surface area contributed by atoms with Crippen LogP contribution in [0.15, 0.2) is 47.3 Å². The second-order valence-electron chi connectivity index (χ2n) is 4.38. The predicted molar refractivity (Wildman–Crippen MR) is 77.4 cm³/mol. The molecule has 3 rings (SSSR count). The van der Waals surface area contributed by atoms with Crippen LogP contribution in [-0.4, -0.2) is 3.96 Å². The molecule has 2 aromatic carbocycles. The van der Waals surface area contributed by atoms with Gasteiger partial charge in [-0.2, -0.15) is 13.2 Å². The van der Waals surface area contributed by atoms with Gasteiger partial charge in [-0.05, 0) is 36.4 Å². The van der Waals surface area contributed by atoms with E-state index >= 15 is 0 Å². The monoisotopic (exact) mass is 329 g/mol. The number of nitrogens with zero attached hydrogens (tertiary/aromatic N) is 1. The highest BCUT2D eigenvalue weighted by Crippen LogP contribution is 2.31. The van der Waals surface area contributed by atoms with Gasteiger partial charge in [0.15, 0.2) is 0 Å². The van der Waals surface area contributed by atoms with Crippen LogP contribution in [-0.2, 0) is 6.18 Å². The van der Waals surface area contributed by atoms with Gasteiger partial charge in [0.1, 0.15) is 0 Å². The summed E-state index contributed by atoms with van der Waals surface area (Å²) in [5.74, 6) is 0. The van der Waals surface area contributed by atoms with Crippen molar-refractivity contribution in [3.05, 3.63) is 63.4 Å². The molecule has 0 aliphatic carbocycles. The quantitative estimate of drug-likeness (QED) is 0.633. The summed E-state index contributed by atoms with van der Waals surface area (Å²) in [6.07, 6.45) is -4.44. The molecule has 21 heavy (non-hydrogen) atoms. The Morgan fingerprint density at radius 2 is 1.86 bits per heavy atom. The second-order valence-corrected chi connectivity index (χ2v) is 5.80. The maximum atomic E-state index is 12.7. The highest BCUT2D eigenvalue weighted by molar-refractivity contribution is 7.14. The van der Waals surface area contributed by atoms with E-state index in [4.69, 9.17) is 11.6 Å². The smallest absolute Gasteiger partial charge is 0.267 e. The van der Waals surface area contributed by atoms with Crippen LogP contribution in [0.2, 0.25) is 5.02 Å². The lowest BCUT2D eigenvalue weighted by Gasteiger charge is -2.08. The first-order valence-electron chi connectivity index (χ1n) is 5.85. The fourth-order valence-electron chi connectivity index (χ4n) is 1.98. The summed E-state index contributed by atoms with van der Waals surface area (Å²) < 4.78 is 40.1. The molecule has 0 saturated heterocycles. The van der Waals surface area contributed by atoms with Gasteiger partial charge < -0.3 is 0 Å². The summed E-state index contributed by atoms with van der Waals surface area (Å²) >= 11 is 6.92. The van der Waals surface area contributed by atoms with E-state index in [0.29, 0.717) is 15.1 Å². The van der Waals surface area contributed by atoms with E-state index in [2.05, 4.69) is 0 Å². The standard InChI is InChI=1S/C14H7ClF3NOS/c15-9-4-5-11-12(7-9)21-19(13(11)20)10-3-1-2-8(6-10)14(16,17)18/h1-7H. The van der Waals surface area contributed by atoms with Crippen LogP contribution in [0.1, 0.15) is 5.56 Å². The topological polar surface area (TPSA) is 22.0 Å². The van der Waals surface area contributed by atoms with Crippen LogP contribution >= 0.6 is 23.1 Å². The Bertz CT molecular complexity index is 882. The molecule has 0 amide bonds. The van der Waals surface area contributed by atoms with Crippen molar-refractivity contribution in [1.82, 2.24) is 3.96 Å². The Hall–Kier alpha value is -1.79. The number of aromatic nitrogens is 1. The fraction of sp³-hybridized carbons (Fsp3) is 0.0714.